The van der Waals surface area contributed by atoms with E-state index in [0.29, 0.717) is 13.2 Å². The van der Waals surface area contributed by atoms with E-state index < -0.39 is 0 Å². The number of esters is 1. The largest absolute Gasteiger partial charge is 0.468 e. The van der Waals surface area contributed by atoms with Gasteiger partial charge >= 0.3 is 5.97 Å². The molecule has 3 aliphatic heterocycles. The van der Waals surface area contributed by atoms with Crippen molar-refractivity contribution in [2.45, 2.75) is 15.5 Å². The summed E-state index contributed by atoms with van der Waals surface area (Å²) < 4.78 is 18.2. The summed E-state index contributed by atoms with van der Waals surface area (Å²) >= 11 is 6.44. The second-order valence-electron chi connectivity index (χ2n) is 3.38. The molecular weight excluding hydrogens is 300 g/mol. The van der Waals surface area contributed by atoms with Crippen LogP contribution in [0, 0.1) is 0 Å². The quantitative estimate of drug-likeness (QED) is 0.684. The highest BCUT2D eigenvalue weighted by Gasteiger charge is 2.42. The van der Waals surface area contributed by atoms with Crippen molar-refractivity contribution < 1.29 is 19.0 Å². The van der Waals surface area contributed by atoms with Crippen LogP contribution in [0.2, 0.25) is 0 Å². The van der Waals surface area contributed by atoms with E-state index in [1.54, 1.807) is 47.0 Å². The van der Waals surface area contributed by atoms with Crippen molar-refractivity contribution in [3.05, 3.63) is 8.47 Å². The van der Waals surface area contributed by atoms with Crippen molar-refractivity contribution in [2.75, 3.05) is 20.3 Å². The number of carbonyl (C=O) groups is 1. The molecular formula is C9H10O4S4. The van der Waals surface area contributed by atoms with Crippen molar-refractivity contribution >= 4 is 53.0 Å². The van der Waals surface area contributed by atoms with Crippen molar-refractivity contribution in [2.24, 2.45) is 0 Å². The molecule has 0 saturated carbocycles. The summed E-state index contributed by atoms with van der Waals surface area (Å²) in [6.45, 7) is 1.30. The highest BCUT2D eigenvalue weighted by Crippen LogP contribution is 2.61. The van der Waals surface area contributed by atoms with Crippen LogP contribution in [0.25, 0.3) is 0 Å². The van der Waals surface area contributed by atoms with E-state index in [2.05, 4.69) is 0 Å². The minimum absolute atomic E-state index is 0.0528. The molecule has 1 fully saturated rings. The molecule has 3 heterocycles. The first kappa shape index (κ1) is 12.6. The lowest BCUT2D eigenvalue weighted by molar-refractivity contribution is -0.138. The Morgan fingerprint density at radius 2 is 1.65 bits per heavy atom. The Labute approximate surface area is 116 Å². The SMILES string of the molecule is COC(=O)C1SC2=C(S1)S[C@@H]1OCCO[C@@H]1S2. The van der Waals surface area contributed by atoms with Gasteiger partial charge in [0.05, 0.1) is 28.8 Å². The molecule has 0 radical (unpaired) electrons. The standard InChI is InChI=1S/C9H10O4S4/c1-11-4(10)7-16-8-9(17-7)15-6-5(14-8)12-2-3-13-6/h5-7H,2-3H2,1H3/t5-,6+,7?. The van der Waals surface area contributed by atoms with Gasteiger partial charge in [-0.3, -0.25) is 0 Å². The van der Waals surface area contributed by atoms with E-state index in [1.165, 1.54) is 15.6 Å². The van der Waals surface area contributed by atoms with Crippen molar-refractivity contribution in [3.8, 4) is 0 Å². The fraction of sp³-hybridized carbons (Fsp3) is 0.667. The predicted octanol–water partition coefficient (Wildman–Crippen LogP) is 2.27. The van der Waals surface area contributed by atoms with Crippen LogP contribution >= 0.6 is 47.0 Å². The molecule has 8 heteroatoms. The summed E-state index contributed by atoms with van der Waals surface area (Å²) in [5, 5.41) is 0. The van der Waals surface area contributed by atoms with E-state index in [4.69, 9.17) is 14.2 Å². The fourth-order valence-corrected chi connectivity index (χ4v) is 8.04. The Hall–Kier alpha value is 0.530. The van der Waals surface area contributed by atoms with Crippen LogP contribution in [0.1, 0.15) is 0 Å². The summed E-state index contributed by atoms with van der Waals surface area (Å²) in [5.41, 5.74) is 0.106. The lowest BCUT2D eigenvalue weighted by Gasteiger charge is -2.33. The number of fused-ring (bicyclic) bond motifs is 1. The summed E-state index contributed by atoms with van der Waals surface area (Å²) in [6.07, 6.45) is 0. The molecule has 0 amide bonds. The first-order valence-electron chi connectivity index (χ1n) is 5.00. The Balaban J connectivity index is 1.70. The fourth-order valence-electron chi connectivity index (χ4n) is 1.53. The van der Waals surface area contributed by atoms with Crippen LogP contribution in [-0.2, 0) is 19.0 Å². The smallest absolute Gasteiger partial charge is 0.329 e. The lowest BCUT2D eigenvalue weighted by atomic mass is 10.6. The summed E-state index contributed by atoms with van der Waals surface area (Å²) in [4.78, 5) is 11.5. The summed E-state index contributed by atoms with van der Waals surface area (Å²) in [7, 11) is 1.42. The van der Waals surface area contributed by atoms with Crippen LogP contribution < -0.4 is 0 Å². The maximum absolute atomic E-state index is 11.5. The van der Waals surface area contributed by atoms with Gasteiger partial charge in [0.2, 0.25) is 0 Å². The van der Waals surface area contributed by atoms with Crippen LogP contribution in [0.15, 0.2) is 8.47 Å². The van der Waals surface area contributed by atoms with Crippen molar-refractivity contribution in [1.82, 2.24) is 0 Å². The first-order valence-corrected chi connectivity index (χ1v) is 8.52. The summed E-state index contributed by atoms with van der Waals surface area (Å²) in [5.74, 6) is -0.180. The van der Waals surface area contributed by atoms with Gasteiger partial charge in [-0.25, -0.2) is 4.79 Å². The van der Waals surface area contributed by atoms with Gasteiger partial charge in [-0.2, -0.15) is 0 Å². The summed E-state index contributed by atoms with van der Waals surface area (Å²) in [6, 6.07) is 0. The van der Waals surface area contributed by atoms with Crippen LogP contribution in [0.5, 0.6) is 0 Å². The maximum Gasteiger partial charge on any atom is 0.329 e. The average Bonchev–Trinajstić information content (AvgIpc) is 2.77. The molecule has 1 saturated heterocycles. The van der Waals surface area contributed by atoms with E-state index in [-0.39, 0.29) is 21.4 Å². The Morgan fingerprint density at radius 3 is 2.12 bits per heavy atom. The number of hydrogen-bond acceptors (Lipinski definition) is 8. The number of carbonyl (C=O) groups excluding carboxylic acids is 1. The van der Waals surface area contributed by atoms with Gasteiger partial charge in [-0.15, -0.1) is 0 Å². The Bertz CT molecular complexity index is 346. The molecule has 3 atom stereocenters. The second kappa shape index (κ2) is 5.26. The monoisotopic (exact) mass is 310 g/mol. The first-order chi connectivity index (χ1) is 8.28. The number of ether oxygens (including phenoxy) is 3. The highest BCUT2D eigenvalue weighted by molar-refractivity contribution is 8.39. The van der Waals surface area contributed by atoms with Crippen molar-refractivity contribution in [1.29, 1.82) is 0 Å². The molecule has 94 valence electrons. The Morgan fingerprint density at radius 1 is 1.12 bits per heavy atom. The molecule has 1 unspecified atom stereocenters. The minimum atomic E-state index is -0.180. The van der Waals surface area contributed by atoms with E-state index in [9.17, 15) is 4.79 Å². The number of hydrogen-bond donors (Lipinski definition) is 0. The zero-order valence-corrected chi connectivity index (χ0v) is 12.2. The minimum Gasteiger partial charge on any atom is -0.468 e. The predicted molar refractivity (Wildman–Crippen MR) is 72.7 cm³/mol. The molecule has 0 aromatic rings. The molecule has 0 aromatic carbocycles. The number of methoxy groups -OCH3 is 1. The van der Waals surface area contributed by atoms with Gasteiger partial charge in [0.15, 0.2) is 4.58 Å². The molecule has 17 heavy (non-hydrogen) atoms. The normalized spacial score (nSPS) is 36.4. The zero-order chi connectivity index (χ0) is 11.8. The third-order valence-electron chi connectivity index (χ3n) is 2.30. The van der Waals surface area contributed by atoms with E-state index >= 15 is 0 Å². The number of rotatable bonds is 1. The third kappa shape index (κ3) is 2.48. The lowest BCUT2D eigenvalue weighted by Crippen LogP contribution is -2.35. The van der Waals surface area contributed by atoms with Gasteiger partial charge < -0.3 is 14.2 Å². The molecule has 3 rings (SSSR count). The number of thioether (sulfide) groups is 4. The van der Waals surface area contributed by atoms with Crippen LogP contribution in [0.4, 0.5) is 0 Å². The third-order valence-corrected chi connectivity index (χ3v) is 8.44. The molecule has 3 aliphatic rings. The highest BCUT2D eigenvalue weighted by atomic mass is 32.3. The van der Waals surface area contributed by atoms with Crippen molar-refractivity contribution in [3.63, 3.8) is 0 Å². The molecule has 0 bridgehead atoms. The molecule has 0 spiro atoms. The average molecular weight is 310 g/mol. The molecule has 0 N–H and O–H groups in total. The second-order valence-corrected chi connectivity index (χ2v) is 8.64. The molecule has 0 aromatic heterocycles. The van der Waals surface area contributed by atoms with Crippen LogP contribution in [0.3, 0.4) is 0 Å². The van der Waals surface area contributed by atoms with Gasteiger partial charge in [0.25, 0.3) is 0 Å². The van der Waals surface area contributed by atoms with Gasteiger partial charge in [0, 0.05) is 0 Å². The van der Waals surface area contributed by atoms with E-state index in [0.717, 1.165) is 0 Å². The van der Waals surface area contributed by atoms with E-state index in [1.807, 2.05) is 0 Å². The van der Waals surface area contributed by atoms with Gasteiger partial charge in [0.1, 0.15) is 10.9 Å². The molecule has 4 nitrogen and oxygen atoms in total. The molecule has 0 aliphatic carbocycles. The van der Waals surface area contributed by atoms with Gasteiger partial charge in [-0.05, 0) is 0 Å². The van der Waals surface area contributed by atoms with Gasteiger partial charge in [-0.1, -0.05) is 47.0 Å². The maximum atomic E-state index is 11.5. The zero-order valence-electron chi connectivity index (χ0n) is 8.91. The topological polar surface area (TPSA) is 44.8 Å². The Kier molecular flexibility index (Phi) is 3.89. The van der Waals surface area contributed by atoms with Crippen LogP contribution in [-0.4, -0.2) is 41.7 Å².